The van der Waals surface area contributed by atoms with Crippen molar-refractivity contribution in [3.63, 3.8) is 0 Å². The Hall–Kier alpha value is 0. The zero-order chi connectivity index (χ0) is 11.6. The monoisotopic (exact) mass is 247 g/mol. The molecule has 0 aliphatic heterocycles. The van der Waals surface area contributed by atoms with Crippen LogP contribution in [0.2, 0.25) is 0 Å². The van der Waals surface area contributed by atoms with Crippen LogP contribution in [0.15, 0.2) is 0 Å². The SMILES string of the molecule is FC(F)(F)CCCNCCCOCCCl. The van der Waals surface area contributed by atoms with Crippen LogP contribution in [0.25, 0.3) is 0 Å². The quantitative estimate of drug-likeness (QED) is 0.500. The molecule has 0 unspecified atom stereocenters. The highest BCUT2D eigenvalue weighted by molar-refractivity contribution is 6.17. The Morgan fingerprint density at radius 1 is 1.07 bits per heavy atom. The maximum absolute atomic E-state index is 11.7. The van der Waals surface area contributed by atoms with Crippen molar-refractivity contribution in [2.75, 3.05) is 32.2 Å². The molecule has 0 amide bonds. The summed E-state index contributed by atoms with van der Waals surface area (Å²) >= 11 is 5.38. The van der Waals surface area contributed by atoms with Gasteiger partial charge in [0.15, 0.2) is 0 Å². The predicted molar refractivity (Wildman–Crippen MR) is 54.3 cm³/mol. The number of rotatable bonds is 9. The van der Waals surface area contributed by atoms with Gasteiger partial charge in [-0.3, -0.25) is 0 Å². The second kappa shape index (κ2) is 9.24. The molecule has 92 valence electrons. The molecule has 6 heteroatoms. The van der Waals surface area contributed by atoms with E-state index in [1.807, 2.05) is 0 Å². The van der Waals surface area contributed by atoms with Crippen LogP contribution < -0.4 is 5.32 Å². The number of alkyl halides is 4. The third-order valence-electron chi connectivity index (χ3n) is 1.68. The summed E-state index contributed by atoms with van der Waals surface area (Å²) in [6, 6.07) is 0. The molecule has 0 aromatic carbocycles. The van der Waals surface area contributed by atoms with E-state index in [1.54, 1.807) is 0 Å². The molecule has 0 radical (unpaired) electrons. The van der Waals surface area contributed by atoms with Crippen LogP contribution in [0.3, 0.4) is 0 Å². The number of hydrogen-bond acceptors (Lipinski definition) is 2. The van der Waals surface area contributed by atoms with E-state index in [2.05, 4.69) is 5.32 Å². The highest BCUT2D eigenvalue weighted by Crippen LogP contribution is 2.20. The number of nitrogens with one attached hydrogen (secondary N) is 1. The molecule has 0 rings (SSSR count). The van der Waals surface area contributed by atoms with Crippen molar-refractivity contribution in [3.05, 3.63) is 0 Å². The standard InChI is InChI=1S/C9H17ClF3NO/c10-4-8-15-7-2-6-14-5-1-3-9(11,12)13/h14H,1-8H2. The fourth-order valence-corrected chi connectivity index (χ4v) is 1.10. The van der Waals surface area contributed by atoms with Gasteiger partial charge in [0.25, 0.3) is 0 Å². The van der Waals surface area contributed by atoms with Crippen LogP contribution in [0.5, 0.6) is 0 Å². The molecule has 0 spiro atoms. The first-order valence-corrected chi connectivity index (χ1v) is 5.51. The number of halogens is 4. The molecule has 0 fully saturated rings. The first-order valence-electron chi connectivity index (χ1n) is 4.97. The summed E-state index contributed by atoms with van der Waals surface area (Å²) < 4.78 is 40.2. The Labute approximate surface area is 93.1 Å². The van der Waals surface area contributed by atoms with Crippen molar-refractivity contribution >= 4 is 11.6 Å². The highest BCUT2D eigenvalue weighted by Gasteiger charge is 2.25. The fraction of sp³-hybridized carbons (Fsp3) is 1.00. The van der Waals surface area contributed by atoms with E-state index in [9.17, 15) is 13.2 Å². The molecule has 0 aliphatic rings. The average Bonchev–Trinajstić information content (AvgIpc) is 2.14. The van der Waals surface area contributed by atoms with Gasteiger partial charge in [-0.25, -0.2) is 0 Å². The van der Waals surface area contributed by atoms with Crippen LogP contribution in [0.1, 0.15) is 19.3 Å². The Morgan fingerprint density at radius 3 is 2.33 bits per heavy atom. The highest BCUT2D eigenvalue weighted by atomic mass is 35.5. The van der Waals surface area contributed by atoms with Crippen LogP contribution in [-0.2, 0) is 4.74 Å². The number of ether oxygens (including phenoxy) is 1. The summed E-state index contributed by atoms with van der Waals surface area (Å²) in [4.78, 5) is 0. The molecule has 0 heterocycles. The zero-order valence-corrected chi connectivity index (χ0v) is 9.33. The molecular weight excluding hydrogens is 231 g/mol. The summed E-state index contributed by atoms with van der Waals surface area (Å²) in [5, 5.41) is 2.92. The van der Waals surface area contributed by atoms with Gasteiger partial charge in [-0.2, -0.15) is 13.2 Å². The van der Waals surface area contributed by atoms with Gasteiger partial charge in [0.2, 0.25) is 0 Å². The van der Waals surface area contributed by atoms with Crippen molar-refractivity contribution in [2.24, 2.45) is 0 Å². The molecule has 0 aromatic rings. The van der Waals surface area contributed by atoms with Crippen LogP contribution in [-0.4, -0.2) is 38.4 Å². The van der Waals surface area contributed by atoms with Crippen LogP contribution in [0, 0.1) is 0 Å². The molecule has 15 heavy (non-hydrogen) atoms. The average molecular weight is 248 g/mol. The minimum absolute atomic E-state index is 0.131. The normalized spacial score (nSPS) is 12.0. The topological polar surface area (TPSA) is 21.3 Å². The lowest BCUT2D eigenvalue weighted by Gasteiger charge is -2.07. The minimum atomic E-state index is -4.04. The second-order valence-electron chi connectivity index (χ2n) is 3.12. The first kappa shape index (κ1) is 15.0. The molecule has 0 aliphatic carbocycles. The second-order valence-corrected chi connectivity index (χ2v) is 3.50. The third-order valence-corrected chi connectivity index (χ3v) is 1.83. The maximum atomic E-state index is 11.7. The fourth-order valence-electron chi connectivity index (χ4n) is 0.995. The minimum Gasteiger partial charge on any atom is -0.380 e. The lowest BCUT2D eigenvalue weighted by Crippen LogP contribution is -2.20. The molecule has 0 atom stereocenters. The summed E-state index contributed by atoms with van der Waals surface area (Å²) in [6.07, 6.45) is -3.83. The Kier molecular flexibility index (Phi) is 9.24. The third kappa shape index (κ3) is 14.0. The maximum Gasteiger partial charge on any atom is 0.389 e. The molecule has 0 bridgehead atoms. The van der Waals surface area contributed by atoms with Gasteiger partial charge < -0.3 is 10.1 Å². The van der Waals surface area contributed by atoms with Crippen molar-refractivity contribution < 1.29 is 17.9 Å². The van der Waals surface area contributed by atoms with Crippen LogP contribution >= 0.6 is 11.6 Å². The van der Waals surface area contributed by atoms with Crippen molar-refractivity contribution in [1.82, 2.24) is 5.32 Å². The van der Waals surface area contributed by atoms with Gasteiger partial charge in [-0.05, 0) is 25.9 Å². The molecule has 0 saturated heterocycles. The van der Waals surface area contributed by atoms with E-state index in [1.165, 1.54) is 0 Å². The van der Waals surface area contributed by atoms with Gasteiger partial charge in [0.05, 0.1) is 6.61 Å². The lowest BCUT2D eigenvalue weighted by atomic mass is 10.3. The first-order chi connectivity index (χ1) is 7.06. The summed E-state index contributed by atoms with van der Waals surface area (Å²) in [5.41, 5.74) is 0. The van der Waals surface area contributed by atoms with E-state index in [0.717, 1.165) is 6.42 Å². The van der Waals surface area contributed by atoms with Gasteiger partial charge in [-0.1, -0.05) is 0 Å². The molecular formula is C9H17ClF3NO. The predicted octanol–water partition coefficient (Wildman–Crippen LogP) is 2.56. The summed E-state index contributed by atoms with van der Waals surface area (Å²) in [7, 11) is 0. The Balaban J connectivity index is 2.99. The smallest absolute Gasteiger partial charge is 0.380 e. The summed E-state index contributed by atoms with van der Waals surface area (Å²) in [5.74, 6) is 0.471. The van der Waals surface area contributed by atoms with E-state index < -0.39 is 12.6 Å². The zero-order valence-electron chi connectivity index (χ0n) is 8.58. The van der Waals surface area contributed by atoms with E-state index in [4.69, 9.17) is 16.3 Å². The number of hydrogen-bond donors (Lipinski definition) is 1. The van der Waals surface area contributed by atoms with Crippen LogP contribution in [0.4, 0.5) is 13.2 Å². The van der Waals surface area contributed by atoms with Crippen molar-refractivity contribution in [3.8, 4) is 0 Å². The van der Waals surface area contributed by atoms with Crippen molar-refractivity contribution in [2.45, 2.75) is 25.4 Å². The Morgan fingerprint density at radius 2 is 1.73 bits per heavy atom. The lowest BCUT2D eigenvalue weighted by molar-refractivity contribution is -0.135. The van der Waals surface area contributed by atoms with Gasteiger partial charge in [-0.15, -0.1) is 11.6 Å². The van der Waals surface area contributed by atoms with E-state index in [-0.39, 0.29) is 6.42 Å². The van der Waals surface area contributed by atoms with E-state index >= 15 is 0 Å². The van der Waals surface area contributed by atoms with Gasteiger partial charge in [0, 0.05) is 18.9 Å². The molecule has 0 saturated carbocycles. The molecule has 1 N–H and O–H groups in total. The Bertz CT molecular complexity index is 144. The van der Waals surface area contributed by atoms with Gasteiger partial charge in [0.1, 0.15) is 0 Å². The summed E-state index contributed by atoms with van der Waals surface area (Å²) in [6.45, 7) is 2.20. The molecule has 2 nitrogen and oxygen atoms in total. The largest absolute Gasteiger partial charge is 0.389 e. The molecule has 0 aromatic heterocycles. The van der Waals surface area contributed by atoms with Crippen molar-refractivity contribution in [1.29, 1.82) is 0 Å². The van der Waals surface area contributed by atoms with E-state index in [0.29, 0.717) is 32.2 Å². The van der Waals surface area contributed by atoms with Gasteiger partial charge >= 0.3 is 6.18 Å².